The third kappa shape index (κ3) is 4.29. The van der Waals surface area contributed by atoms with Crippen molar-refractivity contribution in [2.24, 2.45) is 10.1 Å². The van der Waals surface area contributed by atoms with Crippen LogP contribution < -0.4 is 0 Å². The minimum absolute atomic E-state index is 0.0450. The predicted molar refractivity (Wildman–Crippen MR) is 134 cm³/mol. The Bertz CT molecular complexity index is 1210. The Balaban J connectivity index is 1.67. The Labute approximate surface area is 201 Å². The maximum absolute atomic E-state index is 12.8. The number of benzene rings is 1. The molecule has 0 saturated carbocycles. The molecule has 2 aromatic rings. The van der Waals surface area contributed by atoms with Gasteiger partial charge in [0, 0.05) is 16.4 Å². The Hall–Kier alpha value is -2.35. The quantitative estimate of drug-likeness (QED) is 0.368. The van der Waals surface area contributed by atoms with Gasteiger partial charge in [-0.3, -0.25) is 10.2 Å². The number of nitrogens with one attached hydrogen (secondary N) is 1. The Morgan fingerprint density at radius 3 is 2.72 bits per heavy atom. The molecule has 9 heteroatoms. The van der Waals surface area contributed by atoms with E-state index in [0.717, 1.165) is 53.4 Å². The predicted octanol–water partition coefficient (Wildman–Crippen LogP) is 6.60. The van der Waals surface area contributed by atoms with Gasteiger partial charge in [-0.2, -0.15) is 15.1 Å². The SMILES string of the molecule is CCCCCC1=NN2C(=N)/C(=C\c3cc(C)n(-c4cc(Cl)ccc4Cl)c3C)C(=O)N=C2S1. The Morgan fingerprint density at radius 1 is 1.19 bits per heavy atom. The summed E-state index contributed by atoms with van der Waals surface area (Å²) in [5, 5.41) is 17.1. The lowest BCUT2D eigenvalue weighted by atomic mass is 10.1. The number of nitrogens with zero attached hydrogens (tertiary/aromatic N) is 4. The number of rotatable bonds is 6. The molecule has 4 rings (SSSR count). The topological polar surface area (TPSA) is 73.8 Å². The lowest BCUT2D eigenvalue weighted by Crippen LogP contribution is -2.35. The number of aromatic nitrogens is 1. The zero-order valence-corrected chi connectivity index (χ0v) is 20.4. The number of thioether (sulfide) groups is 1. The van der Waals surface area contributed by atoms with E-state index >= 15 is 0 Å². The van der Waals surface area contributed by atoms with Crippen molar-refractivity contribution in [3.05, 3.63) is 56.8 Å². The van der Waals surface area contributed by atoms with Crippen LogP contribution in [0.15, 0.2) is 39.9 Å². The second kappa shape index (κ2) is 9.25. The number of aliphatic imine (C=N–C) groups is 1. The second-order valence-corrected chi connectivity index (χ2v) is 9.61. The van der Waals surface area contributed by atoms with Gasteiger partial charge in [0.25, 0.3) is 5.91 Å². The minimum Gasteiger partial charge on any atom is -0.316 e. The average molecular weight is 488 g/mol. The lowest BCUT2D eigenvalue weighted by Gasteiger charge is -2.20. The molecule has 166 valence electrons. The summed E-state index contributed by atoms with van der Waals surface area (Å²) < 4.78 is 1.99. The molecule has 0 unspecified atom stereocenters. The van der Waals surface area contributed by atoms with Crippen molar-refractivity contribution in [1.29, 1.82) is 5.41 Å². The van der Waals surface area contributed by atoms with Crippen molar-refractivity contribution in [3.63, 3.8) is 0 Å². The van der Waals surface area contributed by atoms with Crippen molar-refractivity contribution >= 4 is 63.0 Å². The van der Waals surface area contributed by atoms with Gasteiger partial charge < -0.3 is 4.57 Å². The number of hydrogen-bond donors (Lipinski definition) is 1. The first kappa shape index (κ1) is 22.8. The first-order chi connectivity index (χ1) is 15.3. The third-order valence-corrected chi connectivity index (χ3v) is 6.93. The van der Waals surface area contributed by atoms with Crippen molar-refractivity contribution in [2.75, 3.05) is 0 Å². The summed E-state index contributed by atoms with van der Waals surface area (Å²) in [6.45, 7) is 6.05. The van der Waals surface area contributed by atoms with Crippen LogP contribution in [0.25, 0.3) is 11.8 Å². The van der Waals surface area contributed by atoms with Crippen LogP contribution >= 0.6 is 35.0 Å². The molecule has 1 aromatic heterocycles. The number of carbonyl (C=O) groups is 1. The largest absolute Gasteiger partial charge is 0.316 e. The van der Waals surface area contributed by atoms with E-state index < -0.39 is 5.91 Å². The summed E-state index contributed by atoms with van der Waals surface area (Å²) in [4.78, 5) is 16.9. The van der Waals surface area contributed by atoms with E-state index in [1.807, 2.05) is 24.5 Å². The number of amidine groups is 2. The first-order valence-corrected chi connectivity index (χ1v) is 12.0. The van der Waals surface area contributed by atoms with Crippen molar-refractivity contribution in [1.82, 2.24) is 9.58 Å². The number of hydrazone groups is 1. The molecule has 2 aliphatic heterocycles. The maximum Gasteiger partial charge on any atom is 0.283 e. The number of halogens is 2. The zero-order valence-electron chi connectivity index (χ0n) is 18.1. The molecule has 0 fully saturated rings. The molecule has 2 aliphatic rings. The van der Waals surface area contributed by atoms with E-state index in [1.54, 1.807) is 24.3 Å². The molecule has 0 bridgehead atoms. The van der Waals surface area contributed by atoms with E-state index in [1.165, 1.54) is 16.8 Å². The van der Waals surface area contributed by atoms with Gasteiger partial charge in [0.1, 0.15) is 5.04 Å². The summed E-state index contributed by atoms with van der Waals surface area (Å²) in [7, 11) is 0. The lowest BCUT2D eigenvalue weighted by molar-refractivity contribution is -0.114. The molecule has 0 spiro atoms. The normalized spacial score (nSPS) is 17.2. The molecule has 0 aliphatic carbocycles. The maximum atomic E-state index is 12.8. The summed E-state index contributed by atoms with van der Waals surface area (Å²) in [6.07, 6.45) is 5.82. The summed E-state index contributed by atoms with van der Waals surface area (Å²) in [5.74, 6) is -0.382. The molecule has 32 heavy (non-hydrogen) atoms. The minimum atomic E-state index is -0.427. The highest BCUT2D eigenvalue weighted by Crippen LogP contribution is 2.32. The van der Waals surface area contributed by atoms with Gasteiger partial charge in [-0.1, -0.05) is 43.0 Å². The standard InChI is InChI=1S/C23H23Cl2N5OS/c1-4-5-6-7-20-28-30-21(26)17(22(31)27-23(30)32-20)11-15-10-13(2)29(14(15)3)19-12-16(24)8-9-18(19)25/h8-12,26H,4-7H2,1-3H3/b17-11+,26-21?. The molecule has 0 saturated heterocycles. The summed E-state index contributed by atoms with van der Waals surface area (Å²) in [6, 6.07) is 7.26. The van der Waals surface area contributed by atoms with E-state index in [2.05, 4.69) is 17.0 Å². The highest BCUT2D eigenvalue weighted by atomic mass is 35.5. The van der Waals surface area contributed by atoms with Gasteiger partial charge in [0.05, 0.1) is 16.3 Å². The molecule has 1 aromatic carbocycles. The molecule has 3 heterocycles. The third-order valence-electron chi connectivity index (χ3n) is 5.41. The molecular weight excluding hydrogens is 465 g/mol. The van der Waals surface area contributed by atoms with E-state index in [4.69, 9.17) is 28.6 Å². The van der Waals surface area contributed by atoms with Crippen LogP contribution in [0.3, 0.4) is 0 Å². The van der Waals surface area contributed by atoms with Gasteiger partial charge in [-0.05, 0) is 74.4 Å². The van der Waals surface area contributed by atoms with Crippen molar-refractivity contribution < 1.29 is 4.79 Å². The van der Waals surface area contributed by atoms with Crippen LogP contribution in [0, 0.1) is 19.3 Å². The van der Waals surface area contributed by atoms with E-state index in [9.17, 15) is 4.79 Å². The van der Waals surface area contributed by atoms with Crippen LogP contribution in [0.4, 0.5) is 0 Å². The molecule has 1 amide bonds. The van der Waals surface area contributed by atoms with Crippen molar-refractivity contribution in [2.45, 2.75) is 46.5 Å². The van der Waals surface area contributed by atoms with Gasteiger partial charge >= 0.3 is 0 Å². The van der Waals surface area contributed by atoms with E-state index in [0.29, 0.717) is 15.2 Å². The fourth-order valence-corrected chi connectivity index (χ4v) is 5.07. The van der Waals surface area contributed by atoms with Crippen LogP contribution in [0.5, 0.6) is 0 Å². The van der Waals surface area contributed by atoms with Gasteiger partial charge in [-0.25, -0.2) is 0 Å². The molecule has 6 nitrogen and oxygen atoms in total. The van der Waals surface area contributed by atoms with Crippen LogP contribution in [0.1, 0.15) is 49.6 Å². The molecule has 0 radical (unpaired) electrons. The second-order valence-electron chi connectivity index (χ2n) is 7.73. The van der Waals surface area contributed by atoms with Crippen LogP contribution in [-0.2, 0) is 4.79 Å². The highest BCUT2D eigenvalue weighted by Gasteiger charge is 2.35. The van der Waals surface area contributed by atoms with Gasteiger partial charge in [0.15, 0.2) is 5.84 Å². The van der Waals surface area contributed by atoms with Crippen LogP contribution in [-0.4, -0.2) is 31.5 Å². The van der Waals surface area contributed by atoms with Crippen LogP contribution in [0.2, 0.25) is 10.0 Å². The summed E-state index contributed by atoms with van der Waals surface area (Å²) >= 11 is 14.0. The highest BCUT2D eigenvalue weighted by molar-refractivity contribution is 8.26. The molecular formula is C23H23Cl2N5OS. The molecule has 1 N–H and O–H groups in total. The fraction of sp³-hybridized carbons (Fsp3) is 0.304. The van der Waals surface area contributed by atoms with Crippen molar-refractivity contribution in [3.8, 4) is 5.69 Å². The number of aryl methyl sites for hydroxylation is 1. The fourth-order valence-electron chi connectivity index (χ4n) is 3.78. The zero-order chi connectivity index (χ0) is 23.0. The smallest absolute Gasteiger partial charge is 0.283 e. The number of hydrogen-bond acceptors (Lipinski definition) is 4. The Kier molecular flexibility index (Phi) is 6.60. The molecule has 0 atom stereocenters. The first-order valence-electron chi connectivity index (χ1n) is 10.4. The number of unbranched alkanes of at least 4 members (excludes halogenated alkanes) is 2. The van der Waals surface area contributed by atoms with Gasteiger partial charge in [-0.15, -0.1) is 0 Å². The van der Waals surface area contributed by atoms with E-state index in [-0.39, 0.29) is 11.4 Å². The summed E-state index contributed by atoms with van der Waals surface area (Å²) in [5.41, 5.74) is 3.61. The number of carbonyl (C=O) groups excluding carboxylic acids is 1. The van der Waals surface area contributed by atoms with Gasteiger partial charge in [0.2, 0.25) is 5.17 Å². The number of amides is 1. The monoisotopic (exact) mass is 487 g/mol. The number of fused-ring (bicyclic) bond motifs is 1. The average Bonchev–Trinajstić information content (AvgIpc) is 3.27. The Morgan fingerprint density at radius 2 is 1.97 bits per heavy atom.